The van der Waals surface area contributed by atoms with E-state index in [0.29, 0.717) is 21.6 Å². The molecule has 3 nitrogen and oxygen atoms in total. The zero-order valence-electron chi connectivity index (χ0n) is 10.0. The van der Waals surface area contributed by atoms with Crippen LogP contribution in [0.5, 0.6) is 5.75 Å². The average molecular weight is 362 g/mol. The number of halogens is 3. The maximum atomic E-state index is 6.14. The van der Waals surface area contributed by atoms with Crippen molar-refractivity contribution in [2.45, 2.75) is 13.0 Å². The predicted octanol–water partition coefficient (Wildman–Crippen LogP) is 4.87. The predicted molar refractivity (Wildman–Crippen MR) is 81.9 cm³/mol. The zero-order chi connectivity index (χ0) is 14.0. The quantitative estimate of drug-likeness (QED) is 0.847. The van der Waals surface area contributed by atoms with Crippen LogP contribution in [-0.2, 0) is 0 Å². The van der Waals surface area contributed by atoms with Crippen LogP contribution in [0.25, 0.3) is 0 Å². The van der Waals surface area contributed by atoms with Crippen molar-refractivity contribution in [1.29, 1.82) is 0 Å². The summed E-state index contributed by atoms with van der Waals surface area (Å²) >= 11 is 15.6. The highest BCUT2D eigenvalue weighted by Crippen LogP contribution is 2.34. The Morgan fingerprint density at radius 2 is 1.95 bits per heavy atom. The van der Waals surface area contributed by atoms with Gasteiger partial charge in [0.1, 0.15) is 6.10 Å². The minimum atomic E-state index is -0.334. The Kier molecular flexibility index (Phi) is 4.55. The van der Waals surface area contributed by atoms with Crippen LogP contribution in [0.2, 0.25) is 10.0 Å². The largest absolute Gasteiger partial charge is 0.482 e. The van der Waals surface area contributed by atoms with Gasteiger partial charge in [-0.3, -0.25) is 0 Å². The standard InChI is InChI=1S/C13H11BrCl2N2O/c1-7(12-9(15)3-2-4-10(12)16)19-11-5-8(14)6-18-13(11)17/h2-7H,1H3,(H2,17,18)/t7-/m1/s1. The number of hydrogen-bond donors (Lipinski definition) is 1. The molecule has 0 saturated heterocycles. The van der Waals surface area contributed by atoms with E-state index in [-0.39, 0.29) is 6.10 Å². The number of pyridine rings is 1. The molecule has 0 unspecified atom stereocenters. The third-order valence-electron chi connectivity index (χ3n) is 2.56. The van der Waals surface area contributed by atoms with Gasteiger partial charge in [-0.05, 0) is 41.1 Å². The molecule has 0 spiro atoms. The van der Waals surface area contributed by atoms with E-state index in [0.717, 1.165) is 10.0 Å². The number of anilines is 1. The molecule has 0 aliphatic rings. The molecule has 1 heterocycles. The minimum absolute atomic E-state index is 0.318. The van der Waals surface area contributed by atoms with Gasteiger partial charge in [0.2, 0.25) is 0 Å². The first kappa shape index (κ1) is 14.4. The van der Waals surface area contributed by atoms with E-state index in [9.17, 15) is 0 Å². The summed E-state index contributed by atoms with van der Waals surface area (Å²) < 4.78 is 6.57. The lowest BCUT2D eigenvalue weighted by Crippen LogP contribution is -2.07. The Balaban J connectivity index is 2.31. The molecule has 2 N–H and O–H groups in total. The smallest absolute Gasteiger partial charge is 0.166 e. The van der Waals surface area contributed by atoms with Gasteiger partial charge in [0.25, 0.3) is 0 Å². The van der Waals surface area contributed by atoms with Crippen LogP contribution >= 0.6 is 39.1 Å². The number of hydrogen-bond acceptors (Lipinski definition) is 3. The molecule has 19 heavy (non-hydrogen) atoms. The summed E-state index contributed by atoms with van der Waals surface area (Å²) in [5.41, 5.74) is 6.50. The summed E-state index contributed by atoms with van der Waals surface area (Å²) in [4.78, 5) is 4.01. The molecule has 2 rings (SSSR count). The molecule has 1 aromatic carbocycles. The lowest BCUT2D eigenvalue weighted by atomic mass is 10.1. The van der Waals surface area contributed by atoms with Crippen LogP contribution in [0.3, 0.4) is 0 Å². The van der Waals surface area contributed by atoms with Crippen LogP contribution < -0.4 is 10.5 Å². The van der Waals surface area contributed by atoms with Gasteiger partial charge in [-0.1, -0.05) is 29.3 Å². The van der Waals surface area contributed by atoms with Crippen molar-refractivity contribution in [3.8, 4) is 5.75 Å². The third kappa shape index (κ3) is 3.32. The van der Waals surface area contributed by atoms with Crippen molar-refractivity contribution in [3.63, 3.8) is 0 Å². The second kappa shape index (κ2) is 5.99. The molecule has 1 atom stereocenters. The van der Waals surface area contributed by atoms with Crippen molar-refractivity contribution in [2.24, 2.45) is 0 Å². The average Bonchev–Trinajstić information content (AvgIpc) is 2.33. The number of rotatable bonds is 3. The van der Waals surface area contributed by atoms with Crippen LogP contribution in [0.4, 0.5) is 5.82 Å². The Bertz CT molecular complexity index is 587. The van der Waals surface area contributed by atoms with Gasteiger partial charge in [0.05, 0.1) is 0 Å². The summed E-state index contributed by atoms with van der Waals surface area (Å²) in [5.74, 6) is 0.802. The summed E-state index contributed by atoms with van der Waals surface area (Å²) in [7, 11) is 0. The van der Waals surface area contributed by atoms with E-state index in [4.69, 9.17) is 33.7 Å². The Morgan fingerprint density at radius 1 is 1.32 bits per heavy atom. The second-order valence-corrected chi connectivity index (χ2v) is 5.66. The topological polar surface area (TPSA) is 48.1 Å². The van der Waals surface area contributed by atoms with Crippen molar-refractivity contribution in [2.75, 3.05) is 5.73 Å². The molecule has 2 aromatic rings. The van der Waals surface area contributed by atoms with Gasteiger partial charge in [-0.15, -0.1) is 0 Å². The van der Waals surface area contributed by atoms with Crippen LogP contribution in [0.1, 0.15) is 18.6 Å². The van der Waals surface area contributed by atoms with E-state index in [2.05, 4.69) is 20.9 Å². The molecule has 0 aliphatic heterocycles. The molecule has 1 aromatic heterocycles. The van der Waals surface area contributed by atoms with Gasteiger partial charge < -0.3 is 10.5 Å². The van der Waals surface area contributed by atoms with Gasteiger partial charge in [-0.25, -0.2) is 4.98 Å². The molecule has 6 heteroatoms. The van der Waals surface area contributed by atoms with E-state index in [1.807, 2.05) is 6.92 Å². The SMILES string of the molecule is C[C@@H](Oc1cc(Br)cnc1N)c1c(Cl)cccc1Cl. The maximum Gasteiger partial charge on any atom is 0.166 e. The first-order valence-electron chi connectivity index (χ1n) is 5.50. The van der Waals surface area contributed by atoms with E-state index >= 15 is 0 Å². The zero-order valence-corrected chi connectivity index (χ0v) is 13.1. The molecule has 100 valence electrons. The molecule has 0 saturated carbocycles. The molecule has 0 aliphatic carbocycles. The molecular formula is C13H11BrCl2N2O. The number of nitrogens with two attached hydrogens (primary N) is 1. The fourth-order valence-corrected chi connectivity index (χ4v) is 2.69. The van der Waals surface area contributed by atoms with E-state index in [1.165, 1.54) is 0 Å². The first-order chi connectivity index (χ1) is 8.99. The lowest BCUT2D eigenvalue weighted by Gasteiger charge is -2.18. The molecular weight excluding hydrogens is 351 g/mol. The fraction of sp³-hybridized carbons (Fsp3) is 0.154. The van der Waals surface area contributed by atoms with Gasteiger partial charge >= 0.3 is 0 Å². The van der Waals surface area contributed by atoms with Gasteiger partial charge in [0.15, 0.2) is 11.6 Å². The van der Waals surface area contributed by atoms with E-state index < -0.39 is 0 Å². The molecule has 0 radical (unpaired) electrons. The highest BCUT2D eigenvalue weighted by Gasteiger charge is 2.16. The van der Waals surface area contributed by atoms with Crippen molar-refractivity contribution < 1.29 is 4.74 Å². The number of ether oxygens (including phenoxy) is 1. The number of benzene rings is 1. The van der Waals surface area contributed by atoms with Crippen molar-refractivity contribution >= 4 is 44.9 Å². The third-order valence-corrected chi connectivity index (χ3v) is 3.65. The number of aromatic nitrogens is 1. The molecule has 0 amide bonds. The van der Waals surface area contributed by atoms with Crippen LogP contribution in [0, 0.1) is 0 Å². The van der Waals surface area contributed by atoms with Crippen molar-refractivity contribution in [3.05, 3.63) is 50.5 Å². The summed E-state index contributed by atoms with van der Waals surface area (Å²) in [6.07, 6.45) is 1.27. The Morgan fingerprint density at radius 3 is 2.58 bits per heavy atom. The number of nitrogen functional groups attached to an aromatic ring is 1. The Labute approximate surface area is 129 Å². The normalized spacial score (nSPS) is 12.2. The first-order valence-corrected chi connectivity index (χ1v) is 7.05. The van der Waals surface area contributed by atoms with Gasteiger partial charge in [-0.2, -0.15) is 0 Å². The molecule has 0 bridgehead atoms. The summed E-state index contributed by atoms with van der Waals surface area (Å²) in [6, 6.07) is 7.08. The van der Waals surface area contributed by atoms with Gasteiger partial charge in [0, 0.05) is 26.3 Å². The van der Waals surface area contributed by atoms with Crippen molar-refractivity contribution in [1.82, 2.24) is 4.98 Å². The Hall–Kier alpha value is -0.970. The monoisotopic (exact) mass is 360 g/mol. The van der Waals surface area contributed by atoms with Crippen LogP contribution in [0.15, 0.2) is 34.9 Å². The highest BCUT2D eigenvalue weighted by atomic mass is 79.9. The van der Waals surface area contributed by atoms with E-state index in [1.54, 1.807) is 30.5 Å². The number of nitrogens with zero attached hydrogens (tertiary/aromatic N) is 1. The summed E-state index contributed by atoms with van der Waals surface area (Å²) in [5, 5.41) is 1.11. The lowest BCUT2D eigenvalue weighted by molar-refractivity contribution is 0.227. The van der Waals surface area contributed by atoms with Crippen LogP contribution in [-0.4, -0.2) is 4.98 Å². The highest BCUT2D eigenvalue weighted by molar-refractivity contribution is 9.10. The maximum absolute atomic E-state index is 6.14. The molecule has 0 fully saturated rings. The fourth-order valence-electron chi connectivity index (χ4n) is 1.67. The minimum Gasteiger partial charge on any atom is -0.482 e. The summed E-state index contributed by atoms with van der Waals surface area (Å²) in [6.45, 7) is 1.85. The second-order valence-electron chi connectivity index (χ2n) is 3.93.